The first-order valence-electron chi connectivity index (χ1n) is 7.40. The maximum absolute atomic E-state index is 12.1. The molecule has 0 aliphatic carbocycles. The van der Waals surface area contributed by atoms with Crippen LogP contribution in [0.2, 0.25) is 0 Å². The first-order chi connectivity index (χ1) is 10.9. The van der Waals surface area contributed by atoms with E-state index < -0.39 is 11.6 Å². The van der Waals surface area contributed by atoms with Gasteiger partial charge in [0, 0.05) is 0 Å². The van der Waals surface area contributed by atoms with Gasteiger partial charge in [-0.15, -0.1) is 0 Å². The average Bonchev–Trinajstić information content (AvgIpc) is 2.54. The van der Waals surface area contributed by atoms with Crippen LogP contribution in [0.4, 0.5) is 10.5 Å². The quantitative estimate of drug-likeness (QED) is 0.794. The van der Waals surface area contributed by atoms with Gasteiger partial charge in [-0.1, -0.05) is 36.4 Å². The van der Waals surface area contributed by atoms with Crippen LogP contribution >= 0.6 is 0 Å². The standard InChI is InChI=1S/C18H22N2O3/c1-13-9-10-16(23-3)15(11-13)20-17(21)19-12-18(2,22)14-7-5-4-6-8-14/h4-11,22H,12H2,1-3H3,(H2,19,20,21). The van der Waals surface area contributed by atoms with Crippen LogP contribution in [0, 0.1) is 6.92 Å². The zero-order valence-corrected chi connectivity index (χ0v) is 13.6. The molecule has 0 heterocycles. The normalized spacial score (nSPS) is 13.0. The van der Waals surface area contributed by atoms with Crippen LogP contribution < -0.4 is 15.4 Å². The van der Waals surface area contributed by atoms with E-state index in [1.165, 1.54) is 0 Å². The molecule has 5 nitrogen and oxygen atoms in total. The van der Waals surface area contributed by atoms with Crippen LogP contribution in [-0.4, -0.2) is 24.8 Å². The maximum atomic E-state index is 12.1. The summed E-state index contributed by atoms with van der Waals surface area (Å²) in [6, 6.07) is 14.4. The lowest BCUT2D eigenvalue weighted by molar-refractivity contribution is 0.0599. The Balaban J connectivity index is 1.99. The molecule has 2 aromatic rings. The number of carbonyl (C=O) groups is 1. The minimum Gasteiger partial charge on any atom is -0.495 e. The number of rotatable bonds is 5. The molecule has 1 unspecified atom stereocenters. The molecule has 122 valence electrons. The zero-order valence-electron chi connectivity index (χ0n) is 13.6. The summed E-state index contributed by atoms with van der Waals surface area (Å²) in [7, 11) is 1.55. The summed E-state index contributed by atoms with van der Waals surface area (Å²) in [4.78, 5) is 12.1. The van der Waals surface area contributed by atoms with E-state index >= 15 is 0 Å². The van der Waals surface area contributed by atoms with Crippen LogP contribution in [0.3, 0.4) is 0 Å². The molecule has 0 radical (unpaired) electrons. The molecule has 3 N–H and O–H groups in total. The van der Waals surface area contributed by atoms with E-state index in [1.807, 2.05) is 49.4 Å². The lowest BCUT2D eigenvalue weighted by atomic mass is 9.96. The summed E-state index contributed by atoms with van der Waals surface area (Å²) >= 11 is 0. The zero-order chi connectivity index (χ0) is 16.9. The molecule has 0 fully saturated rings. The Labute approximate surface area is 136 Å². The Morgan fingerprint density at radius 2 is 1.91 bits per heavy atom. The molecule has 2 amide bonds. The third kappa shape index (κ3) is 4.47. The molecule has 5 heteroatoms. The van der Waals surface area contributed by atoms with Crippen molar-refractivity contribution in [3.63, 3.8) is 0 Å². The van der Waals surface area contributed by atoms with E-state index in [0.717, 1.165) is 11.1 Å². The summed E-state index contributed by atoms with van der Waals surface area (Å²) in [5, 5.41) is 15.9. The van der Waals surface area contributed by atoms with Crippen molar-refractivity contribution in [2.45, 2.75) is 19.4 Å². The fraction of sp³-hybridized carbons (Fsp3) is 0.278. The second-order valence-electron chi connectivity index (χ2n) is 5.65. The second kappa shape index (κ2) is 7.15. The number of aryl methyl sites for hydroxylation is 1. The van der Waals surface area contributed by atoms with Gasteiger partial charge >= 0.3 is 6.03 Å². The number of hydrogen-bond donors (Lipinski definition) is 3. The number of amides is 2. The lowest BCUT2D eigenvalue weighted by Crippen LogP contribution is -2.40. The Morgan fingerprint density at radius 3 is 2.57 bits per heavy atom. The highest BCUT2D eigenvalue weighted by atomic mass is 16.5. The van der Waals surface area contributed by atoms with Crippen LogP contribution in [-0.2, 0) is 5.60 Å². The van der Waals surface area contributed by atoms with Crippen molar-refractivity contribution in [2.75, 3.05) is 19.0 Å². The second-order valence-corrected chi connectivity index (χ2v) is 5.65. The van der Waals surface area contributed by atoms with Crippen molar-refractivity contribution in [2.24, 2.45) is 0 Å². The Morgan fingerprint density at radius 1 is 1.22 bits per heavy atom. The molecule has 0 aliphatic heterocycles. The van der Waals surface area contributed by atoms with Gasteiger partial charge in [-0.25, -0.2) is 4.79 Å². The molecule has 1 atom stereocenters. The summed E-state index contributed by atoms with van der Waals surface area (Å²) in [6.07, 6.45) is 0. The molecule has 0 spiro atoms. The van der Waals surface area contributed by atoms with Crippen molar-refractivity contribution in [1.29, 1.82) is 0 Å². The van der Waals surface area contributed by atoms with Gasteiger partial charge in [0.2, 0.25) is 0 Å². The highest BCUT2D eigenvalue weighted by Crippen LogP contribution is 2.25. The van der Waals surface area contributed by atoms with E-state index in [9.17, 15) is 9.90 Å². The smallest absolute Gasteiger partial charge is 0.319 e. The lowest BCUT2D eigenvalue weighted by Gasteiger charge is -2.24. The minimum atomic E-state index is -1.14. The number of ether oxygens (including phenoxy) is 1. The Bertz CT molecular complexity index is 669. The summed E-state index contributed by atoms with van der Waals surface area (Å²) in [5.41, 5.74) is 1.20. The van der Waals surface area contributed by atoms with Crippen molar-refractivity contribution >= 4 is 11.7 Å². The highest BCUT2D eigenvalue weighted by molar-refractivity contribution is 5.91. The predicted molar refractivity (Wildman–Crippen MR) is 90.8 cm³/mol. The van der Waals surface area contributed by atoms with E-state index in [2.05, 4.69) is 10.6 Å². The average molecular weight is 314 g/mol. The first kappa shape index (κ1) is 16.8. The molecule has 2 aromatic carbocycles. The van der Waals surface area contributed by atoms with Gasteiger partial charge in [-0.05, 0) is 37.1 Å². The largest absolute Gasteiger partial charge is 0.495 e. The van der Waals surface area contributed by atoms with Crippen LogP contribution in [0.25, 0.3) is 0 Å². The molecule has 0 saturated heterocycles. The van der Waals surface area contributed by atoms with Crippen LogP contribution in [0.5, 0.6) is 5.75 Å². The maximum Gasteiger partial charge on any atom is 0.319 e. The molecule has 0 saturated carbocycles. The fourth-order valence-corrected chi connectivity index (χ4v) is 2.24. The molecule has 0 aromatic heterocycles. The van der Waals surface area contributed by atoms with Gasteiger partial charge in [-0.2, -0.15) is 0 Å². The number of anilines is 1. The highest BCUT2D eigenvalue weighted by Gasteiger charge is 2.23. The summed E-state index contributed by atoms with van der Waals surface area (Å²) in [6.45, 7) is 3.69. The van der Waals surface area contributed by atoms with E-state index in [-0.39, 0.29) is 6.54 Å². The van der Waals surface area contributed by atoms with Crippen molar-refractivity contribution in [1.82, 2.24) is 5.32 Å². The van der Waals surface area contributed by atoms with Crippen LogP contribution in [0.1, 0.15) is 18.1 Å². The molecule has 0 aliphatic rings. The number of aliphatic hydroxyl groups is 1. The number of hydrogen-bond acceptors (Lipinski definition) is 3. The summed E-state index contributed by atoms with van der Waals surface area (Å²) < 4.78 is 5.22. The van der Waals surface area contributed by atoms with Crippen molar-refractivity contribution in [3.05, 3.63) is 59.7 Å². The molecule has 0 bridgehead atoms. The van der Waals surface area contributed by atoms with Crippen molar-refractivity contribution in [3.8, 4) is 5.75 Å². The Hall–Kier alpha value is -2.53. The molecule has 23 heavy (non-hydrogen) atoms. The third-order valence-electron chi connectivity index (χ3n) is 3.59. The van der Waals surface area contributed by atoms with Gasteiger partial charge in [0.1, 0.15) is 11.4 Å². The Kier molecular flexibility index (Phi) is 5.24. The number of methoxy groups -OCH3 is 1. The monoisotopic (exact) mass is 314 g/mol. The number of carbonyl (C=O) groups excluding carboxylic acids is 1. The van der Waals surface area contributed by atoms with E-state index in [0.29, 0.717) is 11.4 Å². The molecular weight excluding hydrogens is 292 g/mol. The molecule has 2 rings (SSSR count). The third-order valence-corrected chi connectivity index (χ3v) is 3.59. The van der Waals surface area contributed by atoms with Gasteiger partial charge in [0.05, 0.1) is 19.3 Å². The van der Waals surface area contributed by atoms with Gasteiger partial charge < -0.3 is 20.5 Å². The number of urea groups is 1. The fourth-order valence-electron chi connectivity index (χ4n) is 2.24. The van der Waals surface area contributed by atoms with E-state index in [4.69, 9.17) is 4.74 Å². The van der Waals surface area contributed by atoms with E-state index in [1.54, 1.807) is 20.1 Å². The number of nitrogens with one attached hydrogen (secondary N) is 2. The molecular formula is C18H22N2O3. The predicted octanol–water partition coefficient (Wildman–Crippen LogP) is 3.03. The first-order valence-corrected chi connectivity index (χ1v) is 7.40. The number of benzene rings is 2. The van der Waals surface area contributed by atoms with Crippen LogP contribution in [0.15, 0.2) is 48.5 Å². The summed E-state index contributed by atoms with van der Waals surface area (Å²) in [5.74, 6) is 0.584. The minimum absolute atomic E-state index is 0.0942. The topological polar surface area (TPSA) is 70.6 Å². The van der Waals surface area contributed by atoms with Gasteiger partial charge in [-0.3, -0.25) is 0 Å². The van der Waals surface area contributed by atoms with Gasteiger partial charge in [0.25, 0.3) is 0 Å². The SMILES string of the molecule is COc1ccc(C)cc1NC(=O)NCC(C)(O)c1ccccc1. The van der Waals surface area contributed by atoms with Crippen molar-refractivity contribution < 1.29 is 14.6 Å². The van der Waals surface area contributed by atoms with Gasteiger partial charge in [0.15, 0.2) is 0 Å².